The third-order valence-electron chi connectivity index (χ3n) is 3.65. The molecule has 0 fully saturated rings. The number of amides is 1. The smallest absolute Gasteiger partial charge is 0.352 e. The van der Waals surface area contributed by atoms with Crippen molar-refractivity contribution in [2.24, 2.45) is 0 Å². The quantitative estimate of drug-likeness (QED) is 0.498. The first-order chi connectivity index (χ1) is 13.1. The number of hydrogen-bond donors (Lipinski definition) is 1. The normalized spacial score (nSPS) is 10.4. The third kappa shape index (κ3) is 4.95. The van der Waals surface area contributed by atoms with Gasteiger partial charge in [-0.1, -0.05) is 40.9 Å². The molecule has 138 valence electrons. The van der Waals surface area contributed by atoms with Crippen LogP contribution in [0.1, 0.15) is 26.5 Å². The monoisotopic (exact) mass is 385 g/mol. The van der Waals surface area contributed by atoms with Gasteiger partial charge in [0.25, 0.3) is 5.91 Å². The molecule has 2 aromatic carbocycles. The van der Waals surface area contributed by atoms with Gasteiger partial charge in [0, 0.05) is 17.7 Å². The van der Waals surface area contributed by atoms with E-state index in [-0.39, 0.29) is 18.1 Å². The van der Waals surface area contributed by atoms with Crippen LogP contribution in [-0.2, 0) is 4.74 Å². The number of nitrogens with one attached hydrogen (secondary N) is 1. The molecule has 0 spiro atoms. The fourth-order valence-electron chi connectivity index (χ4n) is 2.35. The molecule has 0 aliphatic carbocycles. The molecule has 0 atom stereocenters. The standard InChI is InChI=1S/C19H16FN3O3S/c20-15-9-4-8-14(12-15)18(24)21-10-5-11-26-19(25)17-16(22-23-27-17)13-6-2-1-3-7-13/h1-4,6-9,12H,5,10-11H2,(H,21,24). The topological polar surface area (TPSA) is 81.2 Å². The van der Waals surface area contributed by atoms with Crippen molar-refractivity contribution in [3.05, 3.63) is 70.9 Å². The first-order valence-corrected chi connectivity index (χ1v) is 9.01. The van der Waals surface area contributed by atoms with Crippen LogP contribution >= 0.6 is 11.5 Å². The molecule has 8 heteroatoms. The Bertz CT molecular complexity index is 931. The molecule has 1 N–H and O–H groups in total. The van der Waals surface area contributed by atoms with E-state index in [1.165, 1.54) is 18.2 Å². The van der Waals surface area contributed by atoms with Crippen molar-refractivity contribution in [1.82, 2.24) is 14.9 Å². The minimum atomic E-state index is -0.500. The fraction of sp³-hybridized carbons (Fsp3) is 0.158. The van der Waals surface area contributed by atoms with E-state index in [1.54, 1.807) is 0 Å². The number of carbonyl (C=O) groups excluding carboxylic acids is 2. The molecule has 3 rings (SSSR count). The van der Waals surface area contributed by atoms with Gasteiger partial charge in [0.2, 0.25) is 0 Å². The van der Waals surface area contributed by atoms with E-state index in [4.69, 9.17) is 4.74 Å². The maximum atomic E-state index is 13.1. The summed E-state index contributed by atoms with van der Waals surface area (Å²) in [7, 11) is 0. The molecule has 0 unspecified atom stereocenters. The van der Waals surface area contributed by atoms with E-state index in [0.717, 1.165) is 23.2 Å². The Hall–Kier alpha value is -3.13. The summed E-state index contributed by atoms with van der Waals surface area (Å²) >= 11 is 0.979. The molecule has 0 bridgehead atoms. The second-order valence-electron chi connectivity index (χ2n) is 5.57. The second kappa shape index (κ2) is 9.00. The lowest BCUT2D eigenvalue weighted by atomic mass is 10.1. The van der Waals surface area contributed by atoms with E-state index in [1.807, 2.05) is 30.3 Å². The Labute approximate surface area is 159 Å². The van der Waals surface area contributed by atoms with Crippen LogP contribution in [0, 0.1) is 5.82 Å². The number of hydrogen-bond acceptors (Lipinski definition) is 6. The lowest BCUT2D eigenvalue weighted by Gasteiger charge is -2.06. The number of carbonyl (C=O) groups is 2. The van der Waals surface area contributed by atoms with E-state index >= 15 is 0 Å². The molecule has 1 heterocycles. The second-order valence-corrected chi connectivity index (χ2v) is 6.33. The highest BCUT2D eigenvalue weighted by atomic mass is 32.1. The van der Waals surface area contributed by atoms with Crippen molar-refractivity contribution in [3.8, 4) is 11.3 Å². The highest BCUT2D eigenvalue weighted by molar-refractivity contribution is 7.08. The average Bonchev–Trinajstić information content (AvgIpc) is 3.18. The molecule has 3 aromatic rings. The Kier molecular flexibility index (Phi) is 6.22. The molecule has 0 saturated heterocycles. The Morgan fingerprint density at radius 2 is 1.93 bits per heavy atom. The summed E-state index contributed by atoms with van der Waals surface area (Å²) in [5.74, 6) is -1.34. The van der Waals surface area contributed by atoms with Gasteiger partial charge in [-0.05, 0) is 36.2 Å². The first kappa shape index (κ1) is 18.7. The van der Waals surface area contributed by atoms with Crippen molar-refractivity contribution in [2.45, 2.75) is 6.42 Å². The van der Waals surface area contributed by atoms with E-state index in [0.29, 0.717) is 23.5 Å². The van der Waals surface area contributed by atoms with Crippen LogP contribution in [0.3, 0.4) is 0 Å². The zero-order valence-corrected chi connectivity index (χ0v) is 15.0. The largest absolute Gasteiger partial charge is 0.461 e. The molecular weight excluding hydrogens is 369 g/mol. The number of nitrogens with zero attached hydrogens (tertiary/aromatic N) is 2. The van der Waals surface area contributed by atoms with Gasteiger partial charge in [-0.3, -0.25) is 4.79 Å². The minimum Gasteiger partial charge on any atom is -0.461 e. The first-order valence-electron chi connectivity index (χ1n) is 8.24. The highest BCUT2D eigenvalue weighted by Crippen LogP contribution is 2.24. The predicted octanol–water partition coefficient (Wildman–Crippen LogP) is 3.32. The zero-order valence-electron chi connectivity index (χ0n) is 14.2. The van der Waals surface area contributed by atoms with Crippen LogP contribution in [0.2, 0.25) is 0 Å². The van der Waals surface area contributed by atoms with Gasteiger partial charge in [-0.15, -0.1) is 5.10 Å². The van der Waals surface area contributed by atoms with Crippen LogP contribution in [0.4, 0.5) is 4.39 Å². The number of benzene rings is 2. The summed E-state index contributed by atoms with van der Waals surface area (Å²) < 4.78 is 22.2. The van der Waals surface area contributed by atoms with Gasteiger partial charge in [0.1, 0.15) is 11.5 Å². The van der Waals surface area contributed by atoms with E-state index in [2.05, 4.69) is 14.9 Å². The van der Waals surface area contributed by atoms with Crippen molar-refractivity contribution in [1.29, 1.82) is 0 Å². The molecule has 6 nitrogen and oxygen atoms in total. The van der Waals surface area contributed by atoms with E-state index < -0.39 is 11.8 Å². The summed E-state index contributed by atoms with van der Waals surface area (Å²) in [4.78, 5) is 24.5. The Balaban J connectivity index is 1.46. The number of rotatable bonds is 7. The van der Waals surface area contributed by atoms with Crippen molar-refractivity contribution in [2.75, 3.05) is 13.2 Å². The van der Waals surface area contributed by atoms with Gasteiger partial charge in [-0.25, -0.2) is 9.18 Å². The molecule has 27 heavy (non-hydrogen) atoms. The summed E-state index contributed by atoms with van der Waals surface area (Å²) in [5, 5.41) is 6.65. The van der Waals surface area contributed by atoms with Crippen LogP contribution in [0.5, 0.6) is 0 Å². The molecule has 0 saturated carbocycles. The fourth-order valence-corrected chi connectivity index (χ4v) is 2.93. The summed E-state index contributed by atoms with van der Waals surface area (Å²) in [6.07, 6.45) is 0.430. The van der Waals surface area contributed by atoms with E-state index in [9.17, 15) is 14.0 Å². The van der Waals surface area contributed by atoms with Crippen molar-refractivity contribution in [3.63, 3.8) is 0 Å². The molecule has 1 amide bonds. The minimum absolute atomic E-state index is 0.133. The Morgan fingerprint density at radius 1 is 1.11 bits per heavy atom. The number of esters is 1. The van der Waals surface area contributed by atoms with Gasteiger partial charge in [-0.2, -0.15) is 0 Å². The molecule has 0 aliphatic heterocycles. The van der Waals surface area contributed by atoms with Crippen molar-refractivity contribution >= 4 is 23.4 Å². The van der Waals surface area contributed by atoms with Gasteiger partial charge in [0.05, 0.1) is 6.61 Å². The predicted molar refractivity (Wildman–Crippen MR) is 99.0 cm³/mol. The van der Waals surface area contributed by atoms with Crippen LogP contribution < -0.4 is 5.32 Å². The van der Waals surface area contributed by atoms with Gasteiger partial charge in [0.15, 0.2) is 4.88 Å². The molecule has 1 aromatic heterocycles. The summed E-state index contributed by atoms with van der Waals surface area (Å²) in [6.45, 7) is 0.434. The zero-order chi connectivity index (χ0) is 19.1. The lowest BCUT2D eigenvalue weighted by Crippen LogP contribution is -2.25. The van der Waals surface area contributed by atoms with Gasteiger partial charge < -0.3 is 10.1 Å². The van der Waals surface area contributed by atoms with Crippen molar-refractivity contribution < 1.29 is 18.7 Å². The molecule has 0 aliphatic rings. The number of aromatic nitrogens is 2. The van der Waals surface area contributed by atoms with Crippen LogP contribution in [0.25, 0.3) is 11.3 Å². The van der Waals surface area contributed by atoms with Crippen LogP contribution in [-0.4, -0.2) is 34.6 Å². The SMILES string of the molecule is O=C(NCCCOC(=O)c1snnc1-c1ccccc1)c1cccc(F)c1. The maximum absolute atomic E-state index is 13.1. The van der Waals surface area contributed by atoms with Crippen LogP contribution in [0.15, 0.2) is 54.6 Å². The third-order valence-corrected chi connectivity index (χ3v) is 4.35. The van der Waals surface area contributed by atoms with Gasteiger partial charge >= 0.3 is 5.97 Å². The Morgan fingerprint density at radius 3 is 2.70 bits per heavy atom. The number of halogens is 1. The average molecular weight is 385 g/mol. The molecular formula is C19H16FN3O3S. The summed E-state index contributed by atoms with van der Waals surface area (Å²) in [6, 6.07) is 14.7. The molecule has 0 radical (unpaired) electrons. The summed E-state index contributed by atoms with van der Waals surface area (Å²) in [5.41, 5.74) is 1.53. The number of ether oxygens (including phenoxy) is 1. The lowest BCUT2D eigenvalue weighted by molar-refractivity contribution is 0.0507. The maximum Gasteiger partial charge on any atom is 0.352 e. The highest BCUT2D eigenvalue weighted by Gasteiger charge is 2.19.